The first kappa shape index (κ1) is 14.8. The van der Waals surface area contributed by atoms with Crippen molar-refractivity contribution in [3.05, 3.63) is 28.2 Å². The molecule has 3 nitrogen and oxygen atoms in total. The van der Waals surface area contributed by atoms with Crippen molar-refractivity contribution in [2.75, 3.05) is 26.2 Å². The van der Waals surface area contributed by atoms with Crippen molar-refractivity contribution in [3.63, 3.8) is 0 Å². The fourth-order valence-corrected chi connectivity index (χ4v) is 2.83. The van der Waals surface area contributed by atoms with Crippen molar-refractivity contribution in [3.8, 4) is 5.75 Å². The number of ether oxygens (including phenoxy) is 1. The standard InChI is InChI=1S/C15H23BrN2O/c1-12(2)19-15-5-4-13(10-14(15)16)11-18-8-3-6-17-7-9-18/h4-5,10,12,17H,3,6-9,11H2,1-2H3. The van der Waals surface area contributed by atoms with Gasteiger partial charge in [0.25, 0.3) is 0 Å². The van der Waals surface area contributed by atoms with E-state index >= 15 is 0 Å². The Morgan fingerprint density at radius 1 is 1.32 bits per heavy atom. The highest BCUT2D eigenvalue weighted by atomic mass is 79.9. The van der Waals surface area contributed by atoms with Gasteiger partial charge in [0.1, 0.15) is 5.75 Å². The van der Waals surface area contributed by atoms with Crippen LogP contribution in [0.4, 0.5) is 0 Å². The van der Waals surface area contributed by atoms with Gasteiger partial charge in [-0.1, -0.05) is 6.07 Å². The average Bonchev–Trinajstić information content (AvgIpc) is 2.61. The first-order valence-corrected chi connectivity index (χ1v) is 7.82. The lowest BCUT2D eigenvalue weighted by molar-refractivity contribution is 0.240. The van der Waals surface area contributed by atoms with E-state index in [0.29, 0.717) is 0 Å². The van der Waals surface area contributed by atoms with Crippen molar-refractivity contribution in [2.24, 2.45) is 0 Å². The molecule has 1 aliphatic heterocycles. The van der Waals surface area contributed by atoms with E-state index in [9.17, 15) is 0 Å². The molecule has 19 heavy (non-hydrogen) atoms. The molecule has 0 unspecified atom stereocenters. The molecular weight excluding hydrogens is 304 g/mol. The van der Waals surface area contributed by atoms with Crippen LogP contribution in [-0.2, 0) is 6.54 Å². The fraction of sp³-hybridized carbons (Fsp3) is 0.600. The van der Waals surface area contributed by atoms with Gasteiger partial charge < -0.3 is 10.1 Å². The highest BCUT2D eigenvalue weighted by molar-refractivity contribution is 9.10. The summed E-state index contributed by atoms with van der Waals surface area (Å²) in [7, 11) is 0. The number of benzene rings is 1. The Hall–Kier alpha value is -0.580. The van der Waals surface area contributed by atoms with Crippen LogP contribution in [0.15, 0.2) is 22.7 Å². The molecule has 1 saturated heterocycles. The zero-order valence-corrected chi connectivity index (χ0v) is 13.4. The topological polar surface area (TPSA) is 24.5 Å². The molecule has 106 valence electrons. The van der Waals surface area contributed by atoms with Crippen molar-refractivity contribution in [1.82, 2.24) is 10.2 Å². The van der Waals surface area contributed by atoms with E-state index in [4.69, 9.17) is 4.74 Å². The van der Waals surface area contributed by atoms with Gasteiger partial charge in [0.05, 0.1) is 10.6 Å². The van der Waals surface area contributed by atoms with Gasteiger partial charge in [0.15, 0.2) is 0 Å². The molecule has 1 N–H and O–H groups in total. The summed E-state index contributed by atoms with van der Waals surface area (Å²) in [5.41, 5.74) is 1.34. The van der Waals surface area contributed by atoms with Crippen molar-refractivity contribution in [1.29, 1.82) is 0 Å². The molecule has 1 heterocycles. The highest BCUT2D eigenvalue weighted by Gasteiger charge is 2.10. The minimum absolute atomic E-state index is 0.207. The summed E-state index contributed by atoms with van der Waals surface area (Å²) in [6.07, 6.45) is 1.44. The number of halogens is 1. The van der Waals surface area contributed by atoms with Crippen LogP contribution in [0.1, 0.15) is 25.8 Å². The molecule has 0 atom stereocenters. The Balaban J connectivity index is 1.98. The maximum atomic E-state index is 5.74. The summed E-state index contributed by atoms with van der Waals surface area (Å²) in [5.74, 6) is 0.927. The van der Waals surface area contributed by atoms with Crippen LogP contribution in [0, 0.1) is 0 Å². The Morgan fingerprint density at radius 2 is 2.16 bits per heavy atom. The van der Waals surface area contributed by atoms with E-state index < -0.39 is 0 Å². The number of nitrogens with one attached hydrogen (secondary N) is 1. The number of hydrogen-bond acceptors (Lipinski definition) is 3. The lowest BCUT2D eigenvalue weighted by Gasteiger charge is -2.20. The zero-order valence-electron chi connectivity index (χ0n) is 11.8. The SMILES string of the molecule is CC(C)Oc1ccc(CN2CCCNCC2)cc1Br. The molecule has 0 aliphatic carbocycles. The summed E-state index contributed by atoms with van der Waals surface area (Å²) in [5, 5.41) is 3.43. The van der Waals surface area contributed by atoms with E-state index in [-0.39, 0.29) is 6.10 Å². The van der Waals surface area contributed by atoms with E-state index in [0.717, 1.165) is 36.4 Å². The van der Waals surface area contributed by atoms with Crippen molar-refractivity contribution < 1.29 is 4.74 Å². The van der Waals surface area contributed by atoms with Crippen LogP contribution in [0.5, 0.6) is 5.75 Å². The molecule has 2 rings (SSSR count). The van der Waals surface area contributed by atoms with Gasteiger partial charge in [-0.15, -0.1) is 0 Å². The third-order valence-electron chi connectivity index (χ3n) is 3.20. The average molecular weight is 327 g/mol. The molecule has 1 aliphatic rings. The van der Waals surface area contributed by atoms with E-state index in [1.54, 1.807) is 0 Å². The molecule has 1 aromatic rings. The van der Waals surface area contributed by atoms with Gasteiger partial charge in [0, 0.05) is 19.6 Å². The third-order valence-corrected chi connectivity index (χ3v) is 3.82. The predicted molar refractivity (Wildman–Crippen MR) is 82.7 cm³/mol. The minimum atomic E-state index is 0.207. The van der Waals surface area contributed by atoms with Gasteiger partial charge in [-0.3, -0.25) is 4.90 Å². The number of hydrogen-bond donors (Lipinski definition) is 1. The molecule has 0 spiro atoms. The van der Waals surface area contributed by atoms with Crippen LogP contribution in [0.3, 0.4) is 0 Å². The third kappa shape index (κ3) is 4.79. The van der Waals surface area contributed by atoms with Crippen LogP contribution in [0.25, 0.3) is 0 Å². The van der Waals surface area contributed by atoms with Crippen molar-refractivity contribution >= 4 is 15.9 Å². The minimum Gasteiger partial charge on any atom is -0.490 e. The van der Waals surface area contributed by atoms with Gasteiger partial charge in [0.2, 0.25) is 0 Å². The molecule has 0 aromatic heterocycles. The molecular formula is C15H23BrN2O. The Labute approximate surface area is 124 Å². The highest BCUT2D eigenvalue weighted by Crippen LogP contribution is 2.27. The molecule has 4 heteroatoms. The van der Waals surface area contributed by atoms with Crippen LogP contribution < -0.4 is 10.1 Å². The van der Waals surface area contributed by atoms with E-state index in [1.165, 1.54) is 18.5 Å². The van der Waals surface area contributed by atoms with Crippen LogP contribution in [-0.4, -0.2) is 37.2 Å². The maximum absolute atomic E-state index is 5.74. The zero-order chi connectivity index (χ0) is 13.7. The second-order valence-corrected chi connectivity index (χ2v) is 6.17. The summed E-state index contributed by atoms with van der Waals surface area (Å²) >= 11 is 3.60. The molecule has 1 fully saturated rings. The lowest BCUT2D eigenvalue weighted by atomic mass is 10.2. The predicted octanol–water partition coefficient (Wildman–Crippen LogP) is 3.03. The molecule has 0 amide bonds. The second kappa shape index (κ2) is 7.27. The van der Waals surface area contributed by atoms with Gasteiger partial charge in [-0.05, 0) is 67.0 Å². The maximum Gasteiger partial charge on any atom is 0.133 e. The first-order chi connectivity index (χ1) is 9.15. The van der Waals surface area contributed by atoms with Crippen molar-refractivity contribution in [2.45, 2.75) is 32.9 Å². The molecule has 1 aromatic carbocycles. The first-order valence-electron chi connectivity index (χ1n) is 7.03. The van der Waals surface area contributed by atoms with E-state index in [2.05, 4.69) is 44.3 Å². The van der Waals surface area contributed by atoms with E-state index in [1.807, 2.05) is 13.8 Å². The molecule has 0 radical (unpaired) electrons. The molecule has 0 saturated carbocycles. The lowest BCUT2D eigenvalue weighted by Crippen LogP contribution is -2.27. The van der Waals surface area contributed by atoms with Gasteiger partial charge in [-0.25, -0.2) is 0 Å². The normalized spacial score (nSPS) is 17.5. The fourth-order valence-electron chi connectivity index (χ4n) is 2.31. The Kier molecular flexibility index (Phi) is 5.67. The molecule has 0 bridgehead atoms. The van der Waals surface area contributed by atoms with Crippen LogP contribution >= 0.6 is 15.9 Å². The largest absolute Gasteiger partial charge is 0.490 e. The Bertz CT molecular complexity index is 401. The van der Waals surface area contributed by atoms with Crippen LogP contribution in [0.2, 0.25) is 0 Å². The number of rotatable bonds is 4. The monoisotopic (exact) mass is 326 g/mol. The van der Waals surface area contributed by atoms with Gasteiger partial charge >= 0.3 is 0 Å². The Morgan fingerprint density at radius 3 is 2.89 bits per heavy atom. The second-order valence-electron chi connectivity index (χ2n) is 5.31. The summed E-state index contributed by atoms with van der Waals surface area (Å²) in [6, 6.07) is 6.41. The summed E-state index contributed by atoms with van der Waals surface area (Å²) in [4.78, 5) is 2.50. The summed E-state index contributed by atoms with van der Waals surface area (Å²) in [6.45, 7) is 9.64. The van der Waals surface area contributed by atoms with Gasteiger partial charge in [-0.2, -0.15) is 0 Å². The quantitative estimate of drug-likeness (QED) is 0.920. The smallest absolute Gasteiger partial charge is 0.133 e. The summed E-state index contributed by atoms with van der Waals surface area (Å²) < 4.78 is 6.79. The number of nitrogens with zero attached hydrogens (tertiary/aromatic N) is 1.